The fourth-order valence-corrected chi connectivity index (χ4v) is 5.01. The number of benzene rings is 1. The van der Waals surface area contributed by atoms with Gasteiger partial charge in [0.25, 0.3) is 0 Å². The number of pyridine rings is 1. The standard InChI is InChI=1S/C22H27N5O3S/c1-2-21(28)25-16-10-12-18(13-11-16)31(29,30)24-15-20-26-19-9-6-14-23-22(19)27(20)17-7-4-3-5-8-17/h6,9-14,17,24H,2-5,7-8,15H2,1H3,(H,25,28). The molecule has 1 aliphatic rings. The molecule has 1 saturated carbocycles. The van der Waals surface area contributed by atoms with Gasteiger partial charge < -0.3 is 9.88 Å². The van der Waals surface area contributed by atoms with Crippen LogP contribution in [0, 0.1) is 0 Å². The average molecular weight is 442 g/mol. The number of aromatic nitrogens is 3. The quantitative estimate of drug-likeness (QED) is 0.581. The van der Waals surface area contributed by atoms with Crippen LogP contribution in [0.2, 0.25) is 0 Å². The minimum Gasteiger partial charge on any atom is -0.326 e. The number of hydrogen-bond acceptors (Lipinski definition) is 5. The molecule has 0 atom stereocenters. The Morgan fingerprint density at radius 1 is 1.13 bits per heavy atom. The van der Waals surface area contributed by atoms with Crippen molar-refractivity contribution in [1.29, 1.82) is 0 Å². The maximum absolute atomic E-state index is 12.8. The van der Waals surface area contributed by atoms with E-state index in [1.54, 1.807) is 25.3 Å². The van der Waals surface area contributed by atoms with Crippen LogP contribution in [-0.4, -0.2) is 28.9 Å². The zero-order chi connectivity index (χ0) is 21.8. The molecule has 3 aromatic rings. The molecule has 31 heavy (non-hydrogen) atoms. The second-order valence-corrected chi connectivity index (χ2v) is 9.55. The number of anilines is 1. The number of rotatable bonds is 7. The minimum absolute atomic E-state index is 0.0868. The normalized spacial score (nSPS) is 15.3. The fourth-order valence-electron chi connectivity index (χ4n) is 4.03. The van der Waals surface area contributed by atoms with E-state index in [2.05, 4.69) is 24.6 Å². The first-order valence-corrected chi connectivity index (χ1v) is 12.2. The lowest BCUT2D eigenvalue weighted by Crippen LogP contribution is -2.26. The second kappa shape index (κ2) is 9.15. The largest absolute Gasteiger partial charge is 0.326 e. The van der Waals surface area contributed by atoms with Crippen molar-refractivity contribution in [2.75, 3.05) is 5.32 Å². The van der Waals surface area contributed by atoms with Crippen molar-refractivity contribution in [3.05, 3.63) is 48.4 Å². The monoisotopic (exact) mass is 441 g/mol. The van der Waals surface area contributed by atoms with Crippen LogP contribution in [0.25, 0.3) is 11.2 Å². The zero-order valence-corrected chi connectivity index (χ0v) is 18.4. The molecule has 164 valence electrons. The van der Waals surface area contributed by atoms with Crippen molar-refractivity contribution in [3.63, 3.8) is 0 Å². The second-order valence-electron chi connectivity index (χ2n) is 7.79. The molecule has 0 unspecified atom stereocenters. The lowest BCUT2D eigenvalue weighted by atomic mass is 9.95. The molecule has 0 saturated heterocycles. The van der Waals surface area contributed by atoms with Gasteiger partial charge in [0.1, 0.15) is 11.3 Å². The van der Waals surface area contributed by atoms with Gasteiger partial charge in [-0.05, 0) is 49.2 Å². The first-order chi connectivity index (χ1) is 15.0. The van der Waals surface area contributed by atoms with E-state index >= 15 is 0 Å². The van der Waals surface area contributed by atoms with Crippen LogP contribution in [-0.2, 0) is 21.4 Å². The Kier molecular flexibility index (Phi) is 6.33. The van der Waals surface area contributed by atoms with E-state index in [0.717, 1.165) is 36.8 Å². The highest BCUT2D eigenvalue weighted by atomic mass is 32.2. The third-order valence-corrected chi connectivity index (χ3v) is 7.07. The van der Waals surface area contributed by atoms with Gasteiger partial charge in [-0.25, -0.2) is 23.1 Å². The first-order valence-electron chi connectivity index (χ1n) is 10.7. The summed E-state index contributed by atoms with van der Waals surface area (Å²) in [5.41, 5.74) is 2.15. The van der Waals surface area contributed by atoms with Gasteiger partial charge in [-0.2, -0.15) is 0 Å². The predicted molar refractivity (Wildman–Crippen MR) is 119 cm³/mol. The maximum Gasteiger partial charge on any atom is 0.240 e. The number of imidazole rings is 1. The molecule has 2 aromatic heterocycles. The molecule has 1 aliphatic carbocycles. The number of fused-ring (bicyclic) bond motifs is 1. The molecule has 1 amide bonds. The van der Waals surface area contributed by atoms with Gasteiger partial charge in [0.2, 0.25) is 15.9 Å². The minimum atomic E-state index is -3.73. The van der Waals surface area contributed by atoms with Crippen LogP contribution < -0.4 is 10.0 Å². The van der Waals surface area contributed by atoms with Crippen LogP contribution >= 0.6 is 0 Å². The number of sulfonamides is 1. The van der Waals surface area contributed by atoms with Crippen LogP contribution in [0.5, 0.6) is 0 Å². The van der Waals surface area contributed by atoms with E-state index in [9.17, 15) is 13.2 Å². The number of nitrogens with one attached hydrogen (secondary N) is 2. The molecule has 8 nitrogen and oxygen atoms in total. The molecule has 1 fully saturated rings. The number of carbonyl (C=O) groups is 1. The van der Waals surface area contributed by atoms with Gasteiger partial charge in [0.15, 0.2) is 5.65 Å². The van der Waals surface area contributed by atoms with Crippen molar-refractivity contribution < 1.29 is 13.2 Å². The van der Waals surface area contributed by atoms with E-state index < -0.39 is 10.0 Å². The summed E-state index contributed by atoms with van der Waals surface area (Å²) in [5.74, 6) is 0.556. The van der Waals surface area contributed by atoms with Crippen molar-refractivity contribution >= 4 is 32.8 Å². The van der Waals surface area contributed by atoms with Gasteiger partial charge in [-0.3, -0.25) is 4.79 Å². The third-order valence-electron chi connectivity index (χ3n) is 5.65. The van der Waals surface area contributed by atoms with E-state index in [0.29, 0.717) is 17.9 Å². The Bertz CT molecular complexity index is 1170. The Balaban J connectivity index is 1.55. The number of nitrogens with zero attached hydrogens (tertiary/aromatic N) is 3. The molecule has 0 radical (unpaired) electrons. The van der Waals surface area contributed by atoms with Crippen molar-refractivity contribution in [1.82, 2.24) is 19.3 Å². The fraction of sp³-hybridized carbons (Fsp3) is 0.409. The van der Waals surface area contributed by atoms with E-state index in [4.69, 9.17) is 0 Å². The molecule has 4 rings (SSSR count). The number of hydrogen-bond donors (Lipinski definition) is 2. The predicted octanol–water partition coefficient (Wildman–Crippen LogP) is 3.76. The van der Waals surface area contributed by atoms with Crippen LogP contribution in [0.4, 0.5) is 5.69 Å². The van der Waals surface area contributed by atoms with Crippen LogP contribution in [0.1, 0.15) is 57.3 Å². The van der Waals surface area contributed by atoms with Crippen molar-refractivity contribution in [2.24, 2.45) is 0 Å². The van der Waals surface area contributed by atoms with Gasteiger partial charge in [0, 0.05) is 24.3 Å². The van der Waals surface area contributed by atoms with Gasteiger partial charge in [-0.15, -0.1) is 0 Å². The summed E-state index contributed by atoms with van der Waals surface area (Å²) in [7, 11) is -3.73. The molecule has 1 aromatic carbocycles. The van der Waals surface area contributed by atoms with Crippen molar-refractivity contribution in [2.45, 2.75) is 62.9 Å². The molecule has 0 bridgehead atoms. The Labute approximate surface area is 182 Å². The van der Waals surface area contributed by atoms with Gasteiger partial charge in [-0.1, -0.05) is 26.2 Å². The molecule has 9 heteroatoms. The zero-order valence-electron chi connectivity index (χ0n) is 17.5. The topological polar surface area (TPSA) is 106 Å². The summed E-state index contributed by atoms with van der Waals surface area (Å²) >= 11 is 0. The molecule has 2 N–H and O–H groups in total. The summed E-state index contributed by atoms with van der Waals surface area (Å²) in [4.78, 5) is 20.8. The number of carbonyl (C=O) groups excluding carboxylic acids is 1. The summed E-state index contributed by atoms with van der Waals surface area (Å²) in [6.07, 6.45) is 7.74. The highest BCUT2D eigenvalue weighted by molar-refractivity contribution is 7.89. The highest BCUT2D eigenvalue weighted by Gasteiger charge is 2.23. The Morgan fingerprint density at radius 2 is 1.87 bits per heavy atom. The third kappa shape index (κ3) is 4.77. The van der Waals surface area contributed by atoms with Gasteiger partial charge in [0.05, 0.1) is 11.4 Å². The lowest BCUT2D eigenvalue weighted by Gasteiger charge is -2.25. The Morgan fingerprint density at radius 3 is 2.58 bits per heavy atom. The number of amides is 1. The molecule has 0 spiro atoms. The molecule has 0 aliphatic heterocycles. The van der Waals surface area contributed by atoms with Crippen LogP contribution in [0.15, 0.2) is 47.5 Å². The average Bonchev–Trinajstić information content (AvgIpc) is 3.17. The van der Waals surface area contributed by atoms with E-state index in [1.165, 1.54) is 18.6 Å². The van der Waals surface area contributed by atoms with Crippen LogP contribution in [0.3, 0.4) is 0 Å². The summed E-state index contributed by atoms with van der Waals surface area (Å²) in [6, 6.07) is 10.2. The van der Waals surface area contributed by atoms with Gasteiger partial charge >= 0.3 is 0 Å². The SMILES string of the molecule is CCC(=O)Nc1ccc(S(=O)(=O)NCc2nc3cccnc3n2C2CCCCC2)cc1. The Hall–Kier alpha value is -2.78. The molecular weight excluding hydrogens is 414 g/mol. The molecule has 2 heterocycles. The van der Waals surface area contributed by atoms with Crippen molar-refractivity contribution in [3.8, 4) is 0 Å². The summed E-state index contributed by atoms with van der Waals surface area (Å²) in [5, 5.41) is 2.71. The van der Waals surface area contributed by atoms with E-state index in [1.807, 2.05) is 12.1 Å². The lowest BCUT2D eigenvalue weighted by molar-refractivity contribution is -0.115. The van der Waals surface area contributed by atoms with E-state index in [-0.39, 0.29) is 23.4 Å². The summed E-state index contributed by atoms with van der Waals surface area (Å²) < 4.78 is 30.5. The molecular formula is C22H27N5O3S. The maximum atomic E-state index is 12.8. The smallest absolute Gasteiger partial charge is 0.240 e. The first kappa shape index (κ1) is 21.5. The highest BCUT2D eigenvalue weighted by Crippen LogP contribution is 2.32. The summed E-state index contributed by atoms with van der Waals surface area (Å²) in [6.45, 7) is 1.84.